The second-order valence-electron chi connectivity index (χ2n) is 7.46. The lowest BCUT2D eigenvalue weighted by molar-refractivity contribution is 0.105. The van der Waals surface area contributed by atoms with Crippen LogP contribution in [0.2, 0.25) is 5.02 Å². The molecule has 0 radical (unpaired) electrons. The molecule has 3 N–H and O–H groups in total. The Hall–Kier alpha value is -0.890. The Balaban J connectivity index is 2.16. The van der Waals surface area contributed by atoms with Gasteiger partial charge in [-0.15, -0.1) is 0 Å². The molecule has 106 valence electrons. The van der Waals surface area contributed by atoms with Crippen molar-refractivity contribution in [2.75, 3.05) is 11.1 Å². The molecule has 0 heterocycles. The summed E-state index contributed by atoms with van der Waals surface area (Å²) < 4.78 is 0. The van der Waals surface area contributed by atoms with Crippen molar-refractivity contribution < 1.29 is 0 Å². The van der Waals surface area contributed by atoms with Crippen LogP contribution in [0.4, 0.5) is 11.4 Å². The molecule has 0 aromatic heterocycles. The molecule has 0 atom stereocenters. The van der Waals surface area contributed by atoms with Crippen LogP contribution in [0.1, 0.15) is 47.0 Å². The summed E-state index contributed by atoms with van der Waals surface area (Å²) in [6.45, 7) is 9.40. The first kappa shape index (κ1) is 14.5. The topological polar surface area (TPSA) is 38.0 Å². The van der Waals surface area contributed by atoms with Crippen LogP contribution in [-0.4, -0.2) is 6.04 Å². The van der Waals surface area contributed by atoms with Crippen LogP contribution < -0.4 is 11.1 Å². The van der Waals surface area contributed by atoms with Crippen molar-refractivity contribution in [3.63, 3.8) is 0 Å². The Morgan fingerprint density at radius 2 is 1.74 bits per heavy atom. The van der Waals surface area contributed by atoms with Crippen molar-refractivity contribution in [3.8, 4) is 0 Å². The fourth-order valence-electron chi connectivity index (χ4n) is 3.83. The average Bonchev–Trinajstić information content (AvgIpc) is 2.20. The van der Waals surface area contributed by atoms with E-state index in [1.54, 1.807) is 0 Å². The van der Waals surface area contributed by atoms with Gasteiger partial charge in [0.05, 0.1) is 16.4 Å². The minimum absolute atomic E-state index is 0.368. The third kappa shape index (κ3) is 3.56. The van der Waals surface area contributed by atoms with Crippen molar-refractivity contribution in [2.45, 2.75) is 53.0 Å². The van der Waals surface area contributed by atoms with Crippen LogP contribution in [0.25, 0.3) is 0 Å². The normalized spacial score (nSPS) is 22.2. The fourth-order valence-corrected chi connectivity index (χ4v) is 4.01. The average molecular weight is 281 g/mol. The predicted octanol–water partition coefficient (Wildman–Crippen LogP) is 4.94. The maximum atomic E-state index is 6.08. The van der Waals surface area contributed by atoms with E-state index in [2.05, 4.69) is 33.0 Å². The number of halogens is 1. The van der Waals surface area contributed by atoms with Crippen LogP contribution in [0.5, 0.6) is 0 Å². The Labute approximate surface area is 121 Å². The van der Waals surface area contributed by atoms with Crippen molar-refractivity contribution in [2.24, 2.45) is 10.8 Å². The first-order valence-electron chi connectivity index (χ1n) is 6.99. The molecule has 1 aliphatic rings. The predicted molar refractivity (Wildman–Crippen MR) is 84.7 cm³/mol. The van der Waals surface area contributed by atoms with Crippen LogP contribution in [0, 0.1) is 10.8 Å². The van der Waals surface area contributed by atoms with Gasteiger partial charge < -0.3 is 11.1 Å². The molecule has 0 saturated heterocycles. The fraction of sp³-hybridized carbons (Fsp3) is 0.625. The Bertz CT molecular complexity index is 450. The largest absolute Gasteiger partial charge is 0.396 e. The quantitative estimate of drug-likeness (QED) is 0.753. The van der Waals surface area contributed by atoms with Crippen LogP contribution in [0.3, 0.4) is 0 Å². The highest BCUT2D eigenvalue weighted by molar-refractivity contribution is 6.33. The maximum Gasteiger partial charge on any atom is 0.0739 e. The van der Waals surface area contributed by atoms with Gasteiger partial charge in [0.15, 0.2) is 0 Å². The van der Waals surface area contributed by atoms with E-state index in [0.717, 1.165) is 5.69 Å². The lowest BCUT2D eigenvalue weighted by Crippen LogP contribution is -2.40. The molecule has 0 bridgehead atoms. The van der Waals surface area contributed by atoms with Gasteiger partial charge in [-0.25, -0.2) is 0 Å². The molecule has 0 amide bonds. The van der Waals surface area contributed by atoms with Gasteiger partial charge in [-0.05, 0) is 42.2 Å². The van der Waals surface area contributed by atoms with Gasteiger partial charge in [-0.3, -0.25) is 0 Å². The first-order valence-corrected chi connectivity index (χ1v) is 7.37. The van der Waals surface area contributed by atoms with Crippen molar-refractivity contribution >= 4 is 23.0 Å². The SMILES string of the molecule is CC1(C)CC(Nc2cccc(Cl)c2N)CC(C)(C)C1. The summed E-state index contributed by atoms with van der Waals surface area (Å²) in [4.78, 5) is 0. The second-order valence-corrected chi connectivity index (χ2v) is 7.86. The lowest BCUT2D eigenvalue weighted by atomic mass is 9.63. The molecule has 0 aliphatic heterocycles. The molecule has 2 rings (SSSR count). The number of benzene rings is 1. The molecule has 1 saturated carbocycles. The van der Waals surface area contributed by atoms with Gasteiger partial charge in [0.25, 0.3) is 0 Å². The molecule has 1 aliphatic carbocycles. The van der Waals surface area contributed by atoms with E-state index in [-0.39, 0.29) is 0 Å². The number of rotatable bonds is 2. The molecule has 0 spiro atoms. The van der Waals surface area contributed by atoms with Crippen LogP contribution in [-0.2, 0) is 0 Å². The number of anilines is 2. The highest BCUT2D eigenvalue weighted by atomic mass is 35.5. The van der Waals surface area contributed by atoms with Crippen molar-refractivity contribution in [1.82, 2.24) is 0 Å². The number of nitrogens with one attached hydrogen (secondary N) is 1. The standard InChI is InChI=1S/C16H25ClN2/c1-15(2)8-11(9-16(3,4)10-15)19-13-7-5-6-12(17)14(13)18/h5-7,11,19H,8-10,18H2,1-4H3. The second kappa shape index (κ2) is 4.90. The Kier molecular flexibility index (Phi) is 3.74. The van der Waals surface area contributed by atoms with Crippen molar-refractivity contribution in [3.05, 3.63) is 23.2 Å². The van der Waals surface area contributed by atoms with Gasteiger partial charge in [0, 0.05) is 6.04 Å². The molecular weight excluding hydrogens is 256 g/mol. The zero-order chi connectivity index (χ0) is 14.3. The molecule has 2 nitrogen and oxygen atoms in total. The number of para-hydroxylation sites is 1. The molecule has 1 aromatic carbocycles. The summed E-state index contributed by atoms with van der Waals surface area (Å²) in [5, 5.41) is 4.22. The van der Waals surface area contributed by atoms with E-state index in [4.69, 9.17) is 17.3 Å². The van der Waals surface area contributed by atoms with Crippen LogP contribution >= 0.6 is 11.6 Å². The smallest absolute Gasteiger partial charge is 0.0739 e. The van der Waals surface area contributed by atoms with Gasteiger partial charge in [-0.1, -0.05) is 45.4 Å². The molecular formula is C16H25ClN2. The van der Waals surface area contributed by atoms with E-state index in [0.29, 0.717) is 27.6 Å². The summed E-state index contributed by atoms with van der Waals surface area (Å²) in [7, 11) is 0. The molecule has 19 heavy (non-hydrogen) atoms. The van der Waals surface area contributed by atoms with E-state index < -0.39 is 0 Å². The summed E-state index contributed by atoms with van der Waals surface area (Å²) in [6.07, 6.45) is 3.61. The molecule has 0 unspecified atom stereocenters. The lowest BCUT2D eigenvalue weighted by Gasteiger charge is -2.45. The highest BCUT2D eigenvalue weighted by Gasteiger charge is 2.38. The molecule has 1 aromatic rings. The summed E-state index contributed by atoms with van der Waals surface area (Å²) in [6, 6.07) is 6.24. The third-order valence-electron chi connectivity index (χ3n) is 3.97. The zero-order valence-corrected chi connectivity index (χ0v) is 13.1. The minimum atomic E-state index is 0.368. The summed E-state index contributed by atoms with van der Waals surface area (Å²) in [5.74, 6) is 0. The summed E-state index contributed by atoms with van der Waals surface area (Å²) in [5.41, 5.74) is 8.40. The maximum absolute atomic E-state index is 6.08. The Morgan fingerprint density at radius 3 is 2.32 bits per heavy atom. The minimum Gasteiger partial charge on any atom is -0.396 e. The number of nitrogens with two attached hydrogens (primary N) is 1. The van der Waals surface area contributed by atoms with Gasteiger partial charge in [-0.2, -0.15) is 0 Å². The summed E-state index contributed by atoms with van der Waals surface area (Å²) >= 11 is 6.08. The highest BCUT2D eigenvalue weighted by Crippen LogP contribution is 2.46. The van der Waals surface area contributed by atoms with Gasteiger partial charge in [0.2, 0.25) is 0 Å². The number of nitrogen functional groups attached to an aromatic ring is 1. The number of hydrogen-bond acceptors (Lipinski definition) is 2. The van der Waals surface area contributed by atoms with Gasteiger partial charge in [0.1, 0.15) is 0 Å². The molecule has 3 heteroatoms. The number of hydrogen-bond donors (Lipinski definition) is 2. The zero-order valence-electron chi connectivity index (χ0n) is 12.4. The van der Waals surface area contributed by atoms with E-state index in [9.17, 15) is 0 Å². The Morgan fingerprint density at radius 1 is 1.16 bits per heavy atom. The van der Waals surface area contributed by atoms with E-state index >= 15 is 0 Å². The van der Waals surface area contributed by atoms with Gasteiger partial charge >= 0.3 is 0 Å². The monoisotopic (exact) mass is 280 g/mol. The van der Waals surface area contributed by atoms with Crippen molar-refractivity contribution in [1.29, 1.82) is 0 Å². The van der Waals surface area contributed by atoms with E-state index in [1.165, 1.54) is 19.3 Å². The van der Waals surface area contributed by atoms with E-state index in [1.807, 2.05) is 18.2 Å². The third-order valence-corrected chi connectivity index (χ3v) is 4.30. The molecule has 1 fully saturated rings. The van der Waals surface area contributed by atoms with Crippen LogP contribution in [0.15, 0.2) is 18.2 Å². The first-order chi connectivity index (χ1) is 8.69.